The lowest BCUT2D eigenvalue weighted by atomic mass is 10.2. The van der Waals surface area contributed by atoms with E-state index in [2.05, 4.69) is 5.32 Å². The van der Waals surface area contributed by atoms with E-state index in [9.17, 15) is 9.59 Å². The highest BCUT2D eigenvalue weighted by atomic mass is 35.5. The molecule has 5 nitrogen and oxygen atoms in total. The third-order valence-electron chi connectivity index (χ3n) is 3.43. The van der Waals surface area contributed by atoms with Crippen LogP contribution in [0.15, 0.2) is 60.7 Å². The summed E-state index contributed by atoms with van der Waals surface area (Å²) in [5, 5.41) is 3.48. The summed E-state index contributed by atoms with van der Waals surface area (Å²) in [6.45, 7) is -0.215. The topological polar surface area (TPSA) is 81.4 Å². The summed E-state index contributed by atoms with van der Waals surface area (Å²) in [6.07, 6.45) is 0. The Morgan fingerprint density at radius 3 is 2.58 bits per heavy atom. The summed E-state index contributed by atoms with van der Waals surface area (Å²) in [7, 11) is 0. The first kappa shape index (κ1) is 18.0. The van der Waals surface area contributed by atoms with Gasteiger partial charge in [-0.25, -0.2) is 0 Å². The van der Waals surface area contributed by atoms with Crippen molar-refractivity contribution in [2.24, 2.45) is 5.73 Å². The van der Waals surface area contributed by atoms with Gasteiger partial charge in [0.05, 0.1) is 4.88 Å². The second-order valence-corrected chi connectivity index (χ2v) is 6.93. The van der Waals surface area contributed by atoms with Crippen LogP contribution in [0.2, 0.25) is 5.02 Å². The van der Waals surface area contributed by atoms with Gasteiger partial charge in [0.25, 0.3) is 11.8 Å². The number of halogens is 1. The zero-order valence-corrected chi connectivity index (χ0v) is 15.1. The number of thiophene rings is 1. The highest BCUT2D eigenvalue weighted by Crippen LogP contribution is 2.29. The summed E-state index contributed by atoms with van der Waals surface area (Å²) in [5.41, 5.74) is 6.62. The van der Waals surface area contributed by atoms with Crippen LogP contribution in [0, 0.1) is 0 Å². The predicted octanol–water partition coefficient (Wildman–Crippen LogP) is 4.18. The molecule has 2 amide bonds. The first-order valence-corrected chi connectivity index (χ1v) is 8.89. The van der Waals surface area contributed by atoms with Crippen molar-refractivity contribution >= 4 is 40.4 Å². The van der Waals surface area contributed by atoms with Crippen LogP contribution in [0.25, 0.3) is 10.4 Å². The molecule has 3 N–H and O–H groups in total. The monoisotopic (exact) mass is 386 g/mol. The molecule has 7 heteroatoms. The van der Waals surface area contributed by atoms with Crippen molar-refractivity contribution in [2.75, 3.05) is 11.9 Å². The molecule has 0 unspecified atom stereocenters. The molecule has 3 rings (SSSR count). The maximum absolute atomic E-state index is 12.5. The lowest BCUT2D eigenvalue weighted by Crippen LogP contribution is -2.20. The molecular formula is C19H15ClN2O3S. The molecule has 3 aromatic rings. The van der Waals surface area contributed by atoms with Crippen LogP contribution < -0.4 is 15.8 Å². The fraction of sp³-hybridized carbons (Fsp3) is 0.0526. The molecule has 0 bridgehead atoms. The molecule has 26 heavy (non-hydrogen) atoms. The van der Waals surface area contributed by atoms with Crippen LogP contribution >= 0.6 is 22.9 Å². The van der Waals surface area contributed by atoms with E-state index in [1.807, 2.05) is 30.3 Å². The van der Waals surface area contributed by atoms with Crippen molar-refractivity contribution in [3.63, 3.8) is 0 Å². The number of hydrogen-bond acceptors (Lipinski definition) is 4. The van der Waals surface area contributed by atoms with Gasteiger partial charge in [-0.3, -0.25) is 9.59 Å². The van der Waals surface area contributed by atoms with E-state index in [-0.39, 0.29) is 12.5 Å². The summed E-state index contributed by atoms with van der Waals surface area (Å²) in [5.74, 6) is -0.329. The number of nitrogens with one attached hydrogen (secondary N) is 1. The SMILES string of the molecule is NC(=O)COc1cccc(NC(=O)c2ccc(-c3ccc(Cl)cc3)s2)c1. The Morgan fingerprint density at radius 1 is 1.08 bits per heavy atom. The number of amides is 2. The van der Waals surface area contributed by atoms with E-state index in [0.717, 1.165) is 10.4 Å². The molecule has 0 spiro atoms. The quantitative estimate of drug-likeness (QED) is 0.666. The van der Waals surface area contributed by atoms with Crippen LogP contribution in [0.5, 0.6) is 5.75 Å². The summed E-state index contributed by atoms with van der Waals surface area (Å²) in [6, 6.07) is 17.9. The second kappa shape index (κ2) is 8.03. The highest BCUT2D eigenvalue weighted by Gasteiger charge is 2.11. The Hall–Kier alpha value is -2.83. The maximum atomic E-state index is 12.5. The van der Waals surface area contributed by atoms with Gasteiger partial charge in [-0.1, -0.05) is 29.8 Å². The van der Waals surface area contributed by atoms with Gasteiger partial charge < -0.3 is 15.8 Å². The molecule has 0 saturated carbocycles. The van der Waals surface area contributed by atoms with E-state index in [4.69, 9.17) is 22.1 Å². The number of carbonyl (C=O) groups excluding carboxylic acids is 2. The molecule has 0 aliphatic heterocycles. The van der Waals surface area contributed by atoms with Crippen molar-refractivity contribution in [3.8, 4) is 16.2 Å². The van der Waals surface area contributed by atoms with Gasteiger partial charge in [0.1, 0.15) is 5.75 Å². The maximum Gasteiger partial charge on any atom is 0.265 e. The number of primary amides is 1. The Morgan fingerprint density at radius 2 is 1.85 bits per heavy atom. The van der Waals surface area contributed by atoms with Crippen molar-refractivity contribution in [2.45, 2.75) is 0 Å². The predicted molar refractivity (Wildman–Crippen MR) is 104 cm³/mol. The number of anilines is 1. The number of rotatable bonds is 6. The minimum atomic E-state index is -0.562. The van der Waals surface area contributed by atoms with Crippen LogP contribution in [0.3, 0.4) is 0 Å². The van der Waals surface area contributed by atoms with Crippen LogP contribution in [0.1, 0.15) is 9.67 Å². The molecule has 0 fully saturated rings. The minimum absolute atomic E-state index is 0.215. The van der Waals surface area contributed by atoms with Crippen molar-refractivity contribution in [1.29, 1.82) is 0 Å². The van der Waals surface area contributed by atoms with Gasteiger partial charge in [-0.2, -0.15) is 0 Å². The number of carbonyl (C=O) groups is 2. The molecule has 0 atom stereocenters. The molecule has 1 heterocycles. The standard InChI is InChI=1S/C19H15ClN2O3S/c20-13-6-4-12(5-7-13)16-8-9-17(26-16)19(24)22-14-2-1-3-15(10-14)25-11-18(21)23/h1-10H,11H2,(H2,21,23)(H,22,24). The number of hydrogen-bond donors (Lipinski definition) is 2. The van der Waals surface area contributed by atoms with Gasteiger partial charge in [-0.05, 0) is 42.0 Å². The van der Waals surface area contributed by atoms with Crippen LogP contribution in [0.4, 0.5) is 5.69 Å². The lowest BCUT2D eigenvalue weighted by molar-refractivity contribution is -0.119. The van der Waals surface area contributed by atoms with E-state index >= 15 is 0 Å². The lowest BCUT2D eigenvalue weighted by Gasteiger charge is -2.07. The van der Waals surface area contributed by atoms with Crippen molar-refractivity contribution < 1.29 is 14.3 Å². The van der Waals surface area contributed by atoms with Crippen LogP contribution in [-0.4, -0.2) is 18.4 Å². The summed E-state index contributed by atoms with van der Waals surface area (Å²) >= 11 is 7.29. The van der Waals surface area contributed by atoms with E-state index < -0.39 is 5.91 Å². The van der Waals surface area contributed by atoms with Crippen molar-refractivity contribution in [1.82, 2.24) is 0 Å². The average molecular weight is 387 g/mol. The Kier molecular flexibility index (Phi) is 5.55. The molecule has 0 aliphatic carbocycles. The molecule has 2 aromatic carbocycles. The number of benzene rings is 2. The normalized spacial score (nSPS) is 10.3. The molecule has 0 radical (unpaired) electrons. The molecular weight excluding hydrogens is 372 g/mol. The fourth-order valence-electron chi connectivity index (χ4n) is 2.24. The van der Waals surface area contributed by atoms with Gasteiger partial charge in [0.2, 0.25) is 0 Å². The van der Waals surface area contributed by atoms with Gasteiger partial charge in [0, 0.05) is 21.7 Å². The average Bonchev–Trinajstić information content (AvgIpc) is 3.11. The second-order valence-electron chi connectivity index (χ2n) is 5.41. The third kappa shape index (κ3) is 4.62. The number of nitrogens with two attached hydrogens (primary N) is 1. The molecule has 132 valence electrons. The van der Waals surface area contributed by atoms with Gasteiger partial charge >= 0.3 is 0 Å². The third-order valence-corrected chi connectivity index (χ3v) is 4.82. The summed E-state index contributed by atoms with van der Waals surface area (Å²) < 4.78 is 5.23. The number of ether oxygens (including phenoxy) is 1. The Bertz CT molecular complexity index is 938. The van der Waals surface area contributed by atoms with Crippen molar-refractivity contribution in [3.05, 3.63) is 70.6 Å². The Labute approximate surface area is 159 Å². The highest BCUT2D eigenvalue weighted by molar-refractivity contribution is 7.17. The van der Waals surface area contributed by atoms with Gasteiger partial charge in [-0.15, -0.1) is 11.3 Å². The zero-order chi connectivity index (χ0) is 18.5. The first-order valence-electron chi connectivity index (χ1n) is 7.69. The summed E-state index contributed by atoms with van der Waals surface area (Å²) in [4.78, 5) is 24.8. The molecule has 1 aromatic heterocycles. The van der Waals surface area contributed by atoms with Crippen LogP contribution in [-0.2, 0) is 4.79 Å². The first-order chi connectivity index (χ1) is 12.5. The van der Waals surface area contributed by atoms with E-state index in [1.165, 1.54) is 11.3 Å². The minimum Gasteiger partial charge on any atom is -0.484 e. The Balaban J connectivity index is 1.69. The van der Waals surface area contributed by atoms with E-state index in [1.54, 1.807) is 30.3 Å². The fourth-order valence-corrected chi connectivity index (χ4v) is 3.27. The largest absolute Gasteiger partial charge is 0.484 e. The van der Waals surface area contributed by atoms with Gasteiger partial charge in [0.15, 0.2) is 6.61 Å². The zero-order valence-electron chi connectivity index (χ0n) is 13.6. The smallest absolute Gasteiger partial charge is 0.265 e. The molecule has 0 aliphatic rings. The molecule has 0 saturated heterocycles. The van der Waals surface area contributed by atoms with E-state index in [0.29, 0.717) is 21.3 Å².